The zero-order chi connectivity index (χ0) is 13.5. The van der Waals surface area contributed by atoms with Crippen LogP contribution in [0.4, 0.5) is 5.69 Å². The molecule has 0 spiro atoms. The number of azide groups is 1. The lowest BCUT2D eigenvalue weighted by Gasteiger charge is -2.01. The number of pyridine rings is 1. The third-order valence-corrected chi connectivity index (χ3v) is 2.71. The summed E-state index contributed by atoms with van der Waals surface area (Å²) in [6.45, 7) is 0.530. The summed E-state index contributed by atoms with van der Waals surface area (Å²) in [5.74, 6) is 0. The van der Waals surface area contributed by atoms with Crippen molar-refractivity contribution in [3.8, 4) is 0 Å². The molecule has 0 radical (unpaired) electrons. The highest BCUT2D eigenvalue weighted by Gasteiger charge is 2.03. The van der Waals surface area contributed by atoms with Gasteiger partial charge in [0.1, 0.15) is 5.15 Å². The lowest BCUT2D eigenvalue weighted by Crippen LogP contribution is -1.89. The Bertz CT molecular complexity index is 633. The molecule has 0 aliphatic rings. The summed E-state index contributed by atoms with van der Waals surface area (Å²) in [5, 5.41) is 3.82. The summed E-state index contributed by atoms with van der Waals surface area (Å²) in [6.07, 6.45) is 3.06. The average molecular weight is 272 g/mol. The van der Waals surface area contributed by atoms with Crippen LogP contribution >= 0.6 is 11.6 Å². The molecule has 0 unspecified atom stereocenters. The largest absolute Gasteiger partial charge is 0.288 e. The van der Waals surface area contributed by atoms with Gasteiger partial charge in [0.2, 0.25) is 0 Å². The molecule has 0 aliphatic carbocycles. The molecule has 0 bridgehead atoms. The van der Waals surface area contributed by atoms with E-state index in [0.717, 1.165) is 5.56 Å². The monoisotopic (exact) mass is 271 g/mol. The third-order valence-electron chi connectivity index (χ3n) is 2.41. The van der Waals surface area contributed by atoms with E-state index in [-0.39, 0.29) is 5.15 Å². The maximum absolute atomic E-state index is 8.49. The second kappa shape index (κ2) is 6.54. The van der Waals surface area contributed by atoms with Gasteiger partial charge in [-0.05, 0) is 17.2 Å². The van der Waals surface area contributed by atoms with Crippen LogP contribution in [0.15, 0.2) is 52.7 Å². The van der Waals surface area contributed by atoms with Gasteiger partial charge >= 0.3 is 0 Å². The molecule has 2 aromatic rings. The Morgan fingerprint density at radius 3 is 2.79 bits per heavy atom. The molecule has 19 heavy (non-hydrogen) atoms. The molecule has 0 fully saturated rings. The Morgan fingerprint density at radius 2 is 2.05 bits per heavy atom. The van der Waals surface area contributed by atoms with Crippen LogP contribution in [0.5, 0.6) is 0 Å². The Hall–Kier alpha value is -2.36. The summed E-state index contributed by atoms with van der Waals surface area (Å²) in [5.41, 5.74) is 10.5. The molecule has 0 atom stereocenters. The van der Waals surface area contributed by atoms with E-state index in [9.17, 15) is 0 Å². The molecule has 2 rings (SSSR count). The number of nitrogens with zero attached hydrogens (tertiary/aromatic N) is 5. The lowest BCUT2D eigenvalue weighted by atomic mass is 10.2. The quantitative estimate of drug-likeness (QED) is 0.269. The zero-order valence-corrected chi connectivity index (χ0v) is 10.7. The van der Waals surface area contributed by atoms with E-state index in [1.807, 2.05) is 30.3 Å². The number of halogens is 1. The van der Waals surface area contributed by atoms with Crippen molar-refractivity contribution in [3.63, 3.8) is 0 Å². The van der Waals surface area contributed by atoms with Gasteiger partial charge in [0.15, 0.2) is 0 Å². The SMILES string of the molecule is [N-]=[N+]=Nc1ccnc(Cl)c1/C=N/Cc1ccccc1. The van der Waals surface area contributed by atoms with Crippen molar-refractivity contribution in [1.29, 1.82) is 0 Å². The molecule has 1 aromatic carbocycles. The molecule has 0 saturated heterocycles. The topological polar surface area (TPSA) is 74.0 Å². The number of benzene rings is 1. The van der Waals surface area contributed by atoms with Crippen LogP contribution in [0.2, 0.25) is 5.15 Å². The minimum absolute atomic E-state index is 0.265. The van der Waals surface area contributed by atoms with Crippen molar-refractivity contribution in [1.82, 2.24) is 4.98 Å². The van der Waals surface area contributed by atoms with Gasteiger partial charge in [-0.2, -0.15) is 0 Å². The standard InChI is InChI=1S/C13H10ClN5/c14-13-11(12(18-19-15)6-7-17-13)9-16-8-10-4-2-1-3-5-10/h1-7,9H,8H2/b16-9+. The van der Waals surface area contributed by atoms with Gasteiger partial charge in [-0.25, -0.2) is 4.98 Å². The first kappa shape index (κ1) is 13.1. The van der Waals surface area contributed by atoms with Crippen LogP contribution in [-0.2, 0) is 6.54 Å². The molecular weight excluding hydrogens is 262 g/mol. The van der Waals surface area contributed by atoms with Crippen molar-refractivity contribution < 1.29 is 0 Å². The predicted molar refractivity (Wildman–Crippen MR) is 75.8 cm³/mol. The fourth-order valence-electron chi connectivity index (χ4n) is 1.52. The summed E-state index contributed by atoms with van der Waals surface area (Å²) < 4.78 is 0. The first-order valence-electron chi connectivity index (χ1n) is 5.54. The maximum atomic E-state index is 8.49. The number of hydrogen-bond acceptors (Lipinski definition) is 3. The molecule has 0 aliphatic heterocycles. The molecule has 0 N–H and O–H groups in total. The van der Waals surface area contributed by atoms with Crippen molar-refractivity contribution in [2.45, 2.75) is 6.54 Å². The average Bonchev–Trinajstić information content (AvgIpc) is 2.43. The molecule has 0 amide bonds. The van der Waals surface area contributed by atoms with Crippen molar-refractivity contribution >= 4 is 23.5 Å². The normalized spacial score (nSPS) is 10.4. The van der Waals surface area contributed by atoms with Gasteiger partial charge in [-0.1, -0.05) is 47.0 Å². The van der Waals surface area contributed by atoms with E-state index < -0.39 is 0 Å². The second-order valence-corrected chi connectivity index (χ2v) is 4.04. The van der Waals surface area contributed by atoms with Gasteiger partial charge in [-0.15, -0.1) is 0 Å². The van der Waals surface area contributed by atoms with Gasteiger partial charge < -0.3 is 0 Å². The van der Waals surface area contributed by atoms with Gasteiger partial charge in [0.05, 0.1) is 12.2 Å². The molecule has 5 nitrogen and oxygen atoms in total. The maximum Gasteiger partial charge on any atom is 0.138 e. The van der Waals surface area contributed by atoms with E-state index >= 15 is 0 Å². The highest BCUT2D eigenvalue weighted by Crippen LogP contribution is 2.23. The number of hydrogen-bond donors (Lipinski definition) is 0. The Balaban J connectivity index is 2.21. The summed E-state index contributed by atoms with van der Waals surface area (Å²) in [4.78, 5) is 11.0. The predicted octanol–water partition coefficient (Wildman–Crippen LogP) is 4.30. The minimum Gasteiger partial charge on any atom is -0.288 e. The minimum atomic E-state index is 0.265. The van der Waals surface area contributed by atoms with Crippen molar-refractivity contribution in [3.05, 3.63) is 69.3 Å². The van der Waals surface area contributed by atoms with E-state index in [4.69, 9.17) is 17.1 Å². The Kier molecular flexibility index (Phi) is 4.50. The zero-order valence-electron chi connectivity index (χ0n) is 9.94. The van der Waals surface area contributed by atoms with Crippen LogP contribution in [0.1, 0.15) is 11.1 Å². The summed E-state index contributed by atoms with van der Waals surface area (Å²) in [7, 11) is 0. The van der Waals surface area contributed by atoms with Crippen LogP contribution in [0.3, 0.4) is 0 Å². The van der Waals surface area contributed by atoms with E-state index in [2.05, 4.69) is 20.0 Å². The molecule has 6 heteroatoms. The Labute approximate surface area is 115 Å². The number of aromatic nitrogens is 1. The van der Waals surface area contributed by atoms with Gasteiger partial charge in [-0.3, -0.25) is 4.99 Å². The smallest absolute Gasteiger partial charge is 0.138 e. The molecule has 1 aromatic heterocycles. The van der Waals surface area contributed by atoms with E-state index in [1.165, 1.54) is 6.20 Å². The van der Waals surface area contributed by atoms with Crippen molar-refractivity contribution in [2.24, 2.45) is 10.1 Å². The summed E-state index contributed by atoms with van der Waals surface area (Å²) in [6, 6.07) is 11.4. The van der Waals surface area contributed by atoms with Crippen LogP contribution in [0, 0.1) is 0 Å². The van der Waals surface area contributed by atoms with E-state index in [1.54, 1.807) is 12.3 Å². The van der Waals surface area contributed by atoms with Crippen LogP contribution in [-0.4, -0.2) is 11.2 Å². The number of rotatable bonds is 4. The number of aliphatic imine (C=N–C) groups is 1. The Morgan fingerprint density at radius 1 is 1.26 bits per heavy atom. The molecule has 0 saturated carbocycles. The molecular formula is C13H10ClN5. The second-order valence-electron chi connectivity index (χ2n) is 3.68. The van der Waals surface area contributed by atoms with Crippen LogP contribution < -0.4 is 0 Å². The summed E-state index contributed by atoms with van der Waals surface area (Å²) >= 11 is 5.96. The lowest BCUT2D eigenvalue weighted by molar-refractivity contribution is 1.08. The van der Waals surface area contributed by atoms with Crippen molar-refractivity contribution in [2.75, 3.05) is 0 Å². The highest BCUT2D eigenvalue weighted by atomic mass is 35.5. The first-order valence-corrected chi connectivity index (χ1v) is 5.92. The first-order chi connectivity index (χ1) is 9.31. The van der Waals surface area contributed by atoms with E-state index in [0.29, 0.717) is 17.8 Å². The van der Waals surface area contributed by atoms with Gasteiger partial charge in [0, 0.05) is 22.9 Å². The molecule has 94 valence electrons. The van der Waals surface area contributed by atoms with Gasteiger partial charge in [0.25, 0.3) is 0 Å². The fourth-order valence-corrected chi connectivity index (χ4v) is 1.72. The highest BCUT2D eigenvalue weighted by molar-refractivity contribution is 6.32. The third kappa shape index (κ3) is 3.55. The fraction of sp³-hybridized carbons (Fsp3) is 0.0769. The van der Waals surface area contributed by atoms with Crippen LogP contribution in [0.25, 0.3) is 10.4 Å². The molecule has 1 heterocycles.